The van der Waals surface area contributed by atoms with E-state index < -0.39 is 5.91 Å². The second kappa shape index (κ2) is 8.10. The maximum absolute atomic E-state index is 12.9. The fraction of sp³-hybridized carbons (Fsp3) is 0.182. The summed E-state index contributed by atoms with van der Waals surface area (Å²) in [6, 6.07) is 16.3. The predicted octanol–water partition coefficient (Wildman–Crippen LogP) is 2.62. The predicted molar refractivity (Wildman–Crippen MR) is 106 cm³/mol. The van der Waals surface area contributed by atoms with E-state index in [4.69, 9.17) is 14.2 Å². The van der Waals surface area contributed by atoms with Crippen LogP contribution in [0.15, 0.2) is 65.6 Å². The number of nitrogens with one attached hydrogen (secondary N) is 1. The second-order valence-corrected chi connectivity index (χ2v) is 6.61. The lowest BCUT2D eigenvalue weighted by Crippen LogP contribution is -2.29. The van der Waals surface area contributed by atoms with Crippen LogP contribution < -0.4 is 25.0 Å². The molecule has 3 aromatic rings. The highest BCUT2D eigenvalue weighted by Gasteiger charge is 2.19. The van der Waals surface area contributed by atoms with Gasteiger partial charge in [-0.15, -0.1) is 0 Å². The van der Waals surface area contributed by atoms with Gasteiger partial charge in [-0.2, -0.15) is 0 Å². The van der Waals surface area contributed by atoms with Crippen molar-refractivity contribution in [2.45, 2.75) is 13.2 Å². The molecule has 7 nitrogen and oxygen atoms in total. The molecule has 29 heavy (non-hydrogen) atoms. The van der Waals surface area contributed by atoms with Gasteiger partial charge in [0.1, 0.15) is 6.61 Å². The molecule has 4 rings (SSSR count). The number of benzene rings is 2. The van der Waals surface area contributed by atoms with Crippen molar-refractivity contribution >= 4 is 5.91 Å². The minimum atomic E-state index is -0.397. The molecule has 1 aliphatic heterocycles. The van der Waals surface area contributed by atoms with Crippen LogP contribution in [0.3, 0.4) is 0 Å². The Morgan fingerprint density at radius 3 is 2.69 bits per heavy atom. The standard InChI is InChI=1S/C22H20N2O5/c1-24-10-9-17(25)21(27-13-15-5-3-2-4-6-15)20(24)22(26)23-12-16-7-8-18-19(11-16)29-14-28-18/h2-11H,12-14H2,1H3,(H,23,26). The summed E-state index contributed by atoms with van der Waals surface area (Å²) >= 11 is 0. The number of aromatic nitrogens is 1. The van der Waals surface area contributed by atoms with Crippen LogP contribution in [0, 0.1) is 0 Å². The molecule has 0 saturated heterocycles. The van der Waals surface area contributed by atoms with Crippen LogP contribution in [0.4, 0.5) is 0 Å². The highest BCUT2D eigenvalue weighted by Crippen LogP contribution is 2.32. The molecule has 0 atom stereocenters. The molecule has 2 aromatic carbocycles. The largest absolute Gasteiger partial charge is 0.483 e. The quantitative estimate of drug-likeness (QED) is 0.698. The Labute approximate surface area is 167 Å². The number of nitrogens with zero attached hydrogens (tertiary/aromatic N) is 1. The van der Waals surface area contributed by atoms with Crippen LogP contribution in [-0.4, -0.2) is 17.3 Å². The average Bonchev–Trinajstić information content (AvgIpc) is 3.21. The fourth-order valence-corrected chi connectivity index (χ4v) is 3.06. The van der Waals surface area contributed by atoms with Gasteiger partial charge in [0.05, 0.1) is 0 Å². The van der Waals surface area contributed by atoms with Gasteiger partial charge in [-0.3, -0.25) is 9.59 Å². The summed E-state index contributed by atoms with van der Waals surface area (Å²) < 4.78 is 18.0. The summed E-state index contributed by atoms with van der Waals surface area (Å²) in [5.41, 5.74) is 1.60. The topological polar surface area (TPSA) is 78.8 Å². The molecule has 2 heterocycles. The first-order valence-electron chi connectivity index (χ1n) is 9.15. The molecule has 1 N–H and O–H groups in total. The summed E-state index contributed by atoms with van der Waals surface area (Å²) in [5.74, 6) is 0.964. The summed E-state index contributed by atoms with van der Waals surface area (Å²) in [6.07, 6.45) is 1.55. The van der Waals surface area contributed by atoms with Crippen LogP contribution in [0.2, 0.25) is 0 Å². The molecule has 0 radical (unpaired) electrons. The lowest BCUT2D eigenvalue weighted by molar-refractivity contribution is 0.0936. The van der Waals surface area contributed by atoms with Crippen LogP contribution in [0.1, 0.15) is 21.6 Å². The van der Waals surface area contributed by atoms with Gasteiger partial charge in [0.15, 0.2) is 22.9 Å². The molecule has 0 fully saturated rings. The number of hydrogen-bond acceptors (Lipinski definition) is 5. The third-order valence-corrected chi connectivity index (χ3v) is 4.57. The zero-order valence-corrected chi connectivity index (χ0v) is 15.9. The number of fused-ring (bicyclic) bond motifs is 1. The smallest absolute Gasteiger partial charge is 0.272 e. The van der Waals surface area contributed by atoms with E-state index in [1.54, 1.807) is 23.9 Å². The maximum Gasteiger partial charge on any atom is 0.272 e. The van der Waals surface area contributed by atoms with Crippen molar-refractivity contribution in [1.29, 1.82) is 0 Å². The second-order valence-electron chi connectivity index (χ2n) is 6.61. The first kappa shape index (κ1) is 18.6. The van der Waals surface area contributed by atoms with Gasteiger partial charge in [-0.25, -0.2) is 0 Å². The molecule has 1 aromatic heterocycles. The third-order valence-electron chi connectivity index (χ3n) is 4.57. The van der Waals surface area contributed by atoms with Gasteiger partial charge >= 0.3 is 0 Å². The van der Waals surface area contributed by atoms with E-state index in [9.17, 15) is 9.59 Å². The number of hydrogen-bond donors (Lipinski definition) is 1. The molecule has 0 bridgehead atoms. The maximum atomic E-state index is 12.9. The Kier molecular flexibility index (Phi) is 5.20. The van der Waals surface area contributed by atoms with Crippen molar-refractivity contribution < 1.29 is 19.0 Å². The number of pyridine rings is 1. The number of rotatable bonds is 6. The SMILES string of the molecule is Cn1ccc(=O)c(OCc2ccccc2)c1C(=O)NCc1ccc2c(c1)OCO2. The van der Waals surface area contributed by atoms with Gasteiger partial charge in [0.25, 0.3) is 5.91 Å². The molecule has 1 aliphatic rings. The molecule has 1 amide bonds. The Hall–Kier alpha value is -3.74. The normalized spacial score (nSPS) is 11.9. The van der Waals surface area contributed by atoms with Gasteiger partial charge in [-0.1, -0.05) is 36.4 Å². The Bertz CT molecular complexity index is 1090. The molecule has 148 valence electrons. The Morgan fingerprint density at radius 2 is 1.86 bits per heavy atom. The van der Waals surface area contributed by atoms with Crippen molar-refractivity contribution in [3.05, 3.63) is 87.8 Å². The lowest BCUT2D eigenvalue weighted by atomic mass is 10.2. The minimum Gasteiger partial charge on any atom is -0.483 e. The van der Waals surface area contributed by atoms with E-state index in [0.29, 0.717) is 11.5 Å². The lowest BCUT2D eigenvalue weighted by Gasteiger charge is -2.15. The molecule has 0 aliphatic carbocycles. The van der Waals surface area contributed by atoms with Crippen molar-refractivity contribution in [2.24, 2.45) is 7.05 Å². The van der Waals surface area contributed by atoms with E-state index in [1.807, 2.05) is 42.5 Å². The third kappa shape index (κ3) is 4.08. The molecular weight excluding hydrogens is 372 g/mol. The zero-order chi connectivity index (χ0) is 20.2. The monoisotopic (exact) mass is 392 g/mol. The van der Waals surface area contributed by atoms with Crippen molar-refractivity contribution in [3.8, 4) is 17.2 Å². The van der Waals surface area contributed by atoms with Gasteiger partial charge in [-0.05, 0) is 23.3 Å². The Morgan fingerprint density at radius 1 is 1.07 bits per heavy atom. The Balaban J connectivity index is 1.51. The number of carbonyl (C=O) groups is 1. The number of aryl methyl sites for hydroxylation is 1. The van der Waals surface area contributed by atoms with Gasteiger partial charge in [0.2, 0.25) is 12.2 Å². The molecule has 0 unspecified atom stereocenters. The van der Waals surface area contributed by atoms with Gasteiger partial charge < -0.3 is 24.1 Å². The summed E-state index contributed by atoms with van der Waals surface area (Å²) in [5, 5.41) is 2.84. The van der Waals surface area contributed by atoms with Crippen LogP contribution in [0.25, 0.3) is 0 Å². The van der Waals surface area contributed by atoms with Crippen LogP contribution >= 0.6 is 0 Å². The van der Waals surface area contributed by atoms with E-state index in [1.165, 1.54) is 6.07 Å². The van der Waals surface area contributed by atoms with E-state index >= 15 is 0 Å². The molecular formula is C22H20N2O5. The van der Waals surface area contributed by atoms with Crippen LogP contribution in [0.5, 0.6) is 17.2 Å². The first-order chi connectivity index (χ1) is 14.1. The highest BCUT2D eigenvalue weighted by molar-refractivity contribution is 5.95. The van der Waals surface area contributed by atoms with Crippen molar-refractivity contribution in [1.82, 2.24) is 9.88 Å². The van der Waals surface area contributed by atoms with E-state index in [0.717, 1.165) is 11.1 Å². The van der Waals surface area contributed by atoms with E-state index in [-0.39, 0.29) is 36.8 Å². The summed E-state index contributed by atoms with van der Waals surface area (Å²) in [4.78, 5) is 25.2. The molecule has 0 spiro atoms. The van der Waals surface area contributed by atoms with Crippen molar-refractivity contribution in [2.75, 3.05) is 6.79 Å². The molecule has 7 heteroatoms. The highest BCUT2D eigenvalue weighted by atomic mass is 16.7. The zero-order valence-electron chi connectivity index (χ0n) is 15.9. The van der Waals surface area contributed by atoms with Crippen molar-refractivity contribution in [3.63, 3.8) is 0 Å². The van der Waals surface area contributed by atoms with Crippen LogP contribution in [-0.2, 0) is 20.2 Å². The minimum absolute atomic E-state index is 0.0297. The fourth-order valence-electron chi connectivity index (χ4n) is 3.06. The number of carbonyl (C=O) groups excluding carboxylic acids is 1. The number of amides is 1. The first-order valence-corrected chi connectivity index (χ1v) is 9.15. The number of ether oxygens (including phenoxy) is 3. The summed E-state index contributed by atoms with van der Waals surface area (Å²) in [7, 11) is 1.70. The molecule has 0 saturated carbocycles. The van der Waals surface area contributed by atoms with E-state index in [2.05, 4.69) is 5.32 Å². The average molecular weight is 392 g/mol. The summed E-state index contributed by atoms with van der Waals surface area (Å²) in [6.45, 7) is 0.665. The van der Waals surface area contributed by atoms with Gasteiger partial charge in [0, 0.05) is 25.9 Å².